The topological polar surface area (TPSA) is 79.8 Å². The molecule has 27 heavy (non-hydrogen) atoms. The summed E-state index contributed by atoms with van der Waals surface area (Å²) in [7, 11) is 0. The van der Waals surface area contributed by atoms with Gasteiger partial charge in [0.05, 0.1) is 11.3 Å². The Kier molecular flexibility index (Phi) is 6.06. The third kappa shape index (κ3) is 4.44. The Labute approximate surface area is 169 Å². The minimum Gasteiger partial charge on any atom is -0.353 e. The Bertz CT molecular complexity index is 1040. The van der Waals surface area contributed by atoms with Crippen LogP contribution in [0.3, 0.4) is 0 Å². The molecule has 6 nitrogen and oxygen atoms in total. The monoisotopic (exact) mass is 448 g/mol. The maximum atomic E-state index is 12.9. The molecular weight excluding hydrogens is 428 g/mol. The van der Waals surface area contributed by atoms with Crippen LogP contribution in [0.2, 0.25) is 0 Å². The Hall–Kier alpha value is -2.06. The van der Waals surface area contributed by atoms with Gasteiger partial charge in [0.25, 0.3) is 5.56 Å². The van der Waals surface area contributed by atoms with Gasteiger partial charge in [-0.25, -0.2) is 4.98 Å². The number of H-pyrrole nitrogens is 1. The number of aromatic nitrogens is 3. The van der Waals surface area contributed by atoms with Crippen molar-refractivity contribution in [2.24, 2.45) is 0 Å². The first-order valence-electron chi connectivity index (χ1n) is 8.69. The van der Waals surface area contributed by atoms with Gasteiger partial charge in [0.15, 0.2) is 5.16 Å². The highest BCUT2D eigenvalue weighted by atomic mass is 79.9. The van der Waals surface area contributed by atoms with Crippen LogP contribution in [0.15, 0.2) is 44.8 Å². The molecule has 142 valence electrons. The molecule has 0 radical (unpaired) electrons. The van der Waals surface area contributed by atoms with Crippen LogP contribution in [0.1, 0.15) is 32.0 Å². The number of carbonyl (C=O) groups is 1. The molecule has 2 heterocycles. The Balaban J connectivity index is 1.85. The number of anilines is 1. The summed E-state index contributed by atoms with van der Waals surface area (Å²) in [6.07, 6.45) is 0.796. The highest BCUT2D eigenvalue weighted by molar-refractivity contribution is 9.10. The third-order valence-electron chi connectivity index (χ3n) is 4.26. The lowest BCUT2D eigenvalue weighted by molar-refractivity contribution is -0.113. The number of carbonyl (C=O) groups excluding carboxylic acids is 1. The first-order chi connectivity index (χ1) is 12.9. The molecule has 0 bridgehead atoms. The van der Waals surface area contributed by atoms with Crippen molar-refractivity contribution in [2.45, 2.75) is 38.4 Å². The lowest BCUT2D eigenvalue weighted by Gasteiger charge is -2.17. The van der Waals surface area contributed by atoms with E-state index in [2.05, 4.69) is 31.2 Å². The van der Waals surface area contributed by atoms with E-state index in [4.69, 9.17) is 0 Å². The van der Waals surface area contributed by atoms with Crippen molar-refractivity contribution < 1.29 is 4.79 Å². The molecule has 1 unspecified atom stereocenters. The Morgan fingerprint density at radius 1 is 1.41 bits per heavy atom. The molecule has 2 N–H and O–H groups in total. The first kappa shape index (κ1) is 19.7. The molecule has 0 saturated heterocycles. The van der Waals surface area contributed by atoms with E-state index in [1.54, 1.807) is 4.57 Å². The van der Waals surface area contributed by atoms with Gasteiger partial charge in [-0.1, -0.05) is 40.7 Å². The van der Waals surface area contributed by atoms with E-state index >= 15 is 0 Å². The van der Waals surface area contributed by atoms with Gasteiger partial charge in [-0.15, -0.1) is 0 Å². The predicted molar refractivity (Wildman–Crippen MR) is 114 cm³/mol. The van der Waals surface area contributed by atoms with Crippen LogP contribution in [0.25, 0.3) is 11.0 Å². The summed E-state index contributed by atoms with van der Waals surface area (Å²) in [5.41, 5.74) is 2.65. The highest BCUT2D eigenvalue weighted by Gasteiger charge is 2.18. The molecule has 1 aromatic carbocycles. The molecule has 0 aliphatic heterocycles. The van der Waals surface area contributed by atoms with Gasteiger partial charge in [-0.3, -0.25) is 14.2 Å². The molecule has 0 spiro atoms. The summed E-state index contributed by atoms with van der Waals surface area (Å²) in [5, 5.41) is 3.42. The number of hydrogen-bond donors (Lipinski definition) is 2. The fourth-order valence-corrected chi connectivity index (χ4v) is 4.05. The summed E-state index contributed by atoms with van der Waals surface area (Å²) in [6, 6.07) is 9.27. The van der Waals surface area contributed by atoms with Gasteiger partial charge >= 0.3 is 0 Å². The highest BCUT2D eigenvalue weighted by Crippen LogP contribution is 2.23. The van der Waals surface area contributed by atoms with Gasteiger partial charge in [0, 0.05) is 21.9 Å². The van der Waals surface area contributed by atoms with E-state index in [0.717, 1.165) is 22.3 Å². The van der Waals surface area contributed by atoms with Gasteiger partial charge < -0.3 is 10.3 Å². The summed E-state index contributed by atoms with van der Waals surface area (Å²) in [4.78, 5) is 33.0. The largest absolute Gasteiger partial charge is 0.353 e. The lowest BCUT2D eigenvalue weighted by atomic mass is 10.2. The van der Waals surface area contributed by atoms with Crippen molar-refractivity contribution in [3.8, 4) is 0 Å². The predicted octanol–water partition coefficient (Wildman–Crippen LogP) is 4.50. The second kappa shape index (κ2) is 8.31. The average Bonchev–Trinajstić information content (AvgIpc) is 3.00. The average molecular weight is 449 g/mol. The van der Waals surface area contributed by atoms with E-state index in [-0.39, 0.29) is 23.3 Å². The number of aromatic amines is 1. The number of nitrogens with one attached hydrogen (secondary N) is 2. The maximum absolute atomic E-state index is 12.9. The van der Waals surface area contributed by atoms with E-state index in [0.29, 0.717) is 16.2 Å². The zero-order valence-electron chi connectivity index (χ0n) is 15.4. The summed E-state index contributed by atoms with van der Waals surface area (Å²) < 4.78 is 2.57. The number of hydrogen-bond acceptors (Lipinski definition) is 4. The molecule has 0 saturated carbocycles. The number of benzene rings is 1. The molecule has 3 aromatic rings. The maximum Gasteiger partial charge on any atom is 0.278 e. The van der Waals surface area contributed by atoms with Gasteiger partial charge in [0.1, 0.15) is 5.52 Å². The molecule has 1 atom stereocenters. The smallest absolute Gasteiger partial charge is 0.278 e. The van der Waals surface area contributed by atoms with Crippen LogP contribution in [0, 0.1) is 6.92 Å². The van der Waals surface area contributed by atoms with Crippen LogP contribution >= 0.6 is 27.7 Å². The van der Waals surface area contributed by atoms with Crippen LogP contribution in [0.5, 0.6) is 0 Å². The van der Waals surface area contributed by atoms with Crippen molar-refractivity contribution in [1.82, 2.24) is 14.5 Å². The lowest BCUT2D eigenvalue weighted by Crippen LogP contribution is -2.26. The molecule has 0 aliphatic rings. The Morgan fingerprint density at radius 2 is 2.19 bits per heavy atom. The number of nitrogens with zero attached hydrogens (tertiary/aromatic N) is 2. The third-order valence-corrected chi connectivity index (χ3v) is 5.70. The fraction of sp³-hybridized carbons (Fsp3) is 0.316. The Morgan fingerprint density at radius 3 is 2.89 bits per heavy atom. The molecule has 0 aliphatic carbocycles. The second-order valence-corrected chi connectivity index (χ2v) is 8.24. The molecule has 3 rings (SSSR count). The van der Waals surface area contributed by atoms with Gasteiger partial charge in [-0.05, 0) is 44.5 Å². The number of rotatable bonds is 6. The zero-order chi connectivity index (χ0) is 19.6. The SMILES string of the molecule is CCC(C)n1c(SCC(=O)Nc2cccc(Br)c2)nc2cc(C)[nH]c2c1=O. The number of thioether (sulfide) groups is 1. The normalized spacial score (nSPS) is 12.3. The van der Waals surface area contributed by atoms with Crippen molar-refractivity contribution in [2.75, 3.05) is 11.1 Å². The molecule has 2 aromatic heterocycles. The van der Waals surface area contributed by atoms with Crippen molar-refractivity contribution in [3.05, 3.63) is 50.9 Å². The van der Waals surface area contributed by atoms with E-state index in [1.807, 2.05) is 51.1 Å². The standard InChI is InChI=1S/C19H21BrN4O2S/c1-4-12(3)24-18(26)17-15(8-11(2)21-17)23-19(24)27-10-16(25)22-14-7-5-6-13(20)9-14/h5-9,12,21H,4,10H2,1-3H3,(H,22,25). The van der Waals surface area contributed by atoms with Gasteiger partial charge in [0.2, 0.25) is 5.91 Å². The minimum atomic E-state index is -0.145. The van der Waals surface area contributed by atoms with Crippen molar-refractivity contribution >= 4 is 50.3 Å². The van der Waals surface area contributed by atoms with E-state index in [1.165, 1.54) is 11.8 Å². The minimum absolute atomic E-state index is 0.00588. The molecular formula is C19H21BrN4O2S. The molecule has 1 amide bonds. The van der Waals surface area contributed by atoms with Crippen LogP contribution < -0.4 is 10.9 Å². The second-order valence-electron chi connectivity index (χ2n) is 6.39. The van der Waals surface area contributed by atoms with Crippen molar-refractivity contribution in [1.29, 1.82) is 0 Å². The molecule has 0 fully saturated rings. The number of halogens is 1. The van der Waals surface area contributed by atoms with Crippen LogP contribution in [-0.4, -0.2) is 26.2 Å². The zero-order valence-corrected chi connectivity index (χ0v) is 17.8. The van der Waals surface area contributed by atoms with Gasteiger partial charge in [-0.2, -0.15) is 0 Å². The summed E-state index contributed by atoms with van der Waals surface area (Å²) >= 11 is 4.66. The van der Waals surface area contributed by atoms with E-state index in [9.17, 15) is 9.59 Å². The molecule has 8 heteroatoms. The van der Waals surface area contributed by atoms with E-state index < -0.39 is 0 Å². The summed E-state index contributed by atoms with van der Waals surface area (Å²) in [5.74, 6) is 0.0259. The number of amides is 1. The fourth-order valence-electron chi connectivity index (χ4n) is 2.76. The van der Waals surface area contributed by atoms with Crippen LogP contribution in [0.4, 0.5) is 5.69 Å². The van der Waals surface area contributed by atoms with Crippen LogP contribution in [-0.2, 0) is 4.79 Å². The van der Waals surface area contributed by atoms with Crippen molar-refractivity contribution in [3.63, 3.8) is 0 Å². The number of fused-ring (bicyclic) bond motifs is 1. The quantitative estimate of drug-likeness (QED) is 0.429. The summed E-state index contributed by atoms with van der Waals surface area (Å²) in [6.45, 7) is 5.90. The number of aryl methyl sites for hydroxylation is 1. The first-order valence-corrected chi connectivity index (χ1v) is 10.5.